The Morgan fingerprint density at radius 2 is 2.38 bits per heavy atom. The second kappa shape index (κ2) is 5.17. The standard InChI is InChI=1S/C14H12N2O4S/c1-16-12-10(5-8(7-15-12)14(18)19)20-11(13(16)17)6-9-3-2-4-21-9/h2-5,7,11H,6H2,1H3,(H,18,19). The first kappa shape index (κ1) is 13.6. The fourth-order valence-electron chi connectivity index (χ4n) is 2.16. The minimum Gasteiger partial charge on any atom is -0.478 e. The number of amides is 1. The molecule has 1 aliphatic rings. The SMILES string of the molecule is CN1C(=O)C(Cc2cccs2)Oc2cc(C(=O)O)cnc21. The van der Waals surface area contributed by atoms with E-state index in [1.807, 2.05) is 17.5 Å². The molecule has 1 N–H and O–H groups in total. The molecule has 0 aromatic carbocycles. The molecule has 3 rings (SSSR count). The van der Waals surface area contributed by atoms with Crippen molar-refractivity contribution in [3.63, 3.8) is 0 Å². The summed E-state index contributed by atoms with van der Waals surface area (Å²) < 4.78 is 5.67. The van der Waals surface area contributed by atoms with Gasteiger partial charge in [0.15, 0.2) is 17.7 Å². The Bertz CT molecular complexity index is 699. The lowest BCUT2D eigenvalue weighted by atomic mass is 10.1. The lowest BCUT2D eigenvalue weighted by Gasteiger charge is -2.30. The number of ether oxygens (including phenoxy) is 1. The van der Waals surface area contributed by atoms with E-state index in [9.17, 15) is 9.59 Å². The number of aromatic carboxylic acids is 1. The highest BCUT2D eigenvalue weighted by atomic mass is 32.1. The van der Waals surface area contributed by atoms with E-state index in [4.69, 9.17) is 9.84 Å². The molecule has 1 aliphatic heterocycles. The first-order valence-electron chi connectivity index (χ1n) is 6.26. The van der Waals surface area contributed by atoms with Gasteiger partial charge in [-0.1, -0.05) is 6.07 Å². The number of nitrogens with zero attached hydrogens (tertiary/aromatic N) is 2. The van der Waals surface area contributed by atoms with Gasteiger partial charge in [0.05, 0.1) is 5.56 Å². The van der Waals surface area contributed by atoms with Gasteiger partial charge in [0.1, 0.15) is 0 Å². The third kappa shape index (κ3) is 2.47. The van der Waals surface area contributed by atoms with Crippen molar-refractivity contribution < 1.29 is 19.4 Å². The second-order valence-electron chi connectivity index (χ2n) is 4.64. The average Bonchev–Trinajstić information content (AvgIpc) is 2.97. The van der Waals surface area contributed by atoms with Crippen LogP contribution in [0, 0.1) is 0 Å². The number of thiophene rings is 1. The second-order valence-corrected chi connectivity index (χ2v) is 5.67. The predicted molar refractivity (Wildman–Crippen MR) is 77.0 cm³/mol. The van der Waals surface area contributed by atoms with Gasteiger partial charge < -0.3 is 9.84 Å². The Balaban J connectivity index is 1.92. The molecule has 0 radical (unpaired) electrons. The molecule has 0 aliphatic carbocycles. The zero-order valence-electron chi connectivity index (χ0n) is 11.1. The maximum Gasteiger partial charge on any atom is 0.337 e. The average molecular weight is 304 g/mol. The number of rotatable bonds is 3. The maximum atomic E-state index is 12.3. The number of fused-ring (bicyclic) bond motifs is 1. The quantitative estimate of drug-likeness (QED) is 0.935. The molecular weight excluding hydrogens is 292 g/mol. The molecule has 6 nitrogen and oxygen atoms in total. The van der Waals surface area contributed by atoms with Crippen molar-refractivity contribution in [1.29, 1.82) is 0 Å². The Labute approximate surface area is 124 Å². The van der Waals surface area contributed by atoms with Crippen LogP contribution in [-0.4, -0.2) is 35.1 Å². The molecule has 0 fully saturated rings. The summed E-state index contributed by atoms with van der Waals surface area (Å²) in [5.74, 6) is -0.610. The van der Waals surface area contributed by atoms with Gasteiger partial charge >= 0.3 is 5.97 Å². The van der Waals surface area contributed by atoms with Crippen LogP contribution in [0.2, 0.25) is 0 Å². The number of carboxylic acids is 1. The molecule has 21 heavy (non-hydrogen) atoms. The first-order chi connectivity index (χ1) is 10.1. The minimum absolute atomic E-state index is 0.0337. The summed E-state index contributed by atoms with van der Waals surface area (Å²) >= 11 is 1.55. The minimum atomic E-state index is -1.08. The van der Waals surface area contributed by atoms with Crippen molar-refractivity contribution in [2.75, 3.05) is 11.9 Å². The van der Waals surface area contributed by atoms with Crippen molar-refractivity contribution in [3.8, 4) is 5.75 Å². The topological polar surface area (TPSA) is 79.7 Å². The fraction of sp³-hybridized carbons (Fsp3) is 0.214. The van der Waals surface area contributed by atoms with E-state index in [1.165, 1.54) is 17.2 Å². The number of hydrogen-bond acceptors (Lipinski definition) is 5. The molecule has 0 saturated heterocycles. The molecule has 108 valence electrons. The Morgan fingerprint density at radius 1 is 1.57 bits per heavy atom. The van der Waals surface area contributed by atoms with Crippen LogP contribution in [0.3, 0.4) is 0 Å². The summed E-state index contributed by atoms with van der Waals surface area (Å²) in [5, 5.41) is 10.9. The Kier molecular flexibility index (Phi) is 3.34. The van der Waals surface area contributed by atoms with Crippen LogP contribution in [0.15, 0.2) is 29.8 Å². The molecule has 2 aromatic rings. The summed E-state index contributed by atoms with van der Waals surface area (Å²) in [4.78, 5) is 29.7. The van der Waals surface area contributed by atoms with Gasteiger partial charge in [-0.15, -0.1) is 11.3 Å². The number of hydrogen-bond donors (Lipinski definition) is 1. The number of carbonyl (C=O) groups excluding carboxylic acids is 1. The van der Waals surface area contributed by atoms with Crippen LogP contribution >= 0.6 is 11.3 Å². The smallest absolute Gasteiger partial charge is 0.337 e. The van der Waals surface area contributed by atoms with Crippen LogP contribution in [0.1, 0.15) is 15.2 Å². The molecule has 0 spiro atoms. The van der Waals surface area contributed by atoms with Crippen molar-refractivity contribution in [2.45, 2.75) is 12.5 Å². The molecule has 0 bridgehead atoms. The van der Waals surface area contributed by atoms with Crippen LogP contribution in [-0.2, 0) is 11.2 Å². The van der Waals surface area contributed by atoms with Crippen LogP contribution in [0.4, 0.5) is 5.82 Å². The first-order valence-corrected chi connectivity index (χ1v) is 7.14. The van der Waals surface area contributed by atoms with Gasteiger partial charge in [0, 0.05) is 30.6 Å². The molecule has 7 heteroatoms. The van der Waals surface area contributed by atoms with E-state index < -0.39 is 12.1 Å². The molecule has 1 amide bonds. The van der Waals surface area contributed by atoms with E-state index in [0.717, 1.165) is 4.88 Å². The van der Waals surface area contributed by atoms with Crippen LogP contribution in [0.5, 0.6) is 5.75 Å². The van der Waals surface area contributed by atoms with Gasteiger partial charge in [0.25, 0.3) is 5.91 Å². The van der Waals surface area contributed by atoms with E-state index in [1.54, 1.807) is 18.4 Å². The van der Waals surface area contributed by atoms with Crippen molar-refractivity contribution in [3.05, 3.63) is 40.2 Å². The van der Waals surface area contributed by atoms with Gasteiger partial charge in [-0.3, -0.25) is 9.69 Å². The molecule has 0 saturated carbocycles. The number of likely N-dealkylation sites (N-methyl/N-ethyl adjacent to an activating group) is 1. The van der Waals surface area contributed by atoms with Gasteiger partial charge in [-0.05, 0) is 11.4 Å². The fourth-order valence-corrected chi connectivity index (χ4v) is 2.89. The Hall–Kier alpha value is -2.41. The number of carbonyl (C=O) groups is 2. The predicted octanol–water partition coefficient (Wildman–Crippen LogP) is 1.81. The number of aromatic nitrogens is 1. The maximum absolute atomic E-state index is 12.3. The van der Waals surface area contributed by atoms with E-state index in [2.05, 4.69) is 4.98 Å². The lowest BCUT2D eigenvalue weighted by molar-refractivity contribution is -0.126. The third-order valence-electron chi connectivity index (χ3n) is 3.24. The summed E-state index contributed by atoms with van der Waals surface area (Å²) in [6, 6.07) is 5.24. The normalized spacial score (nSPS) is 17.3. The summed E-state index contributed by atoms with van der Waals surface area (Å²) in [5.41, 5.74) is 0.0337. The highest BCUT2D eigenvalue weighted by Gasteiger charge is 2.34. The summed E-state index contributed by atoms with van der Waals surface area (Å²) in [6.07, 6.45) is 1.01. The summed E-state index contributed by atoms with van der Waals surface area (Å²) in [6.45, 7) is 0. The van der Waals surface area contributed by atoms with Crippen LogP contribution in [0.25, 0.3) is 0 Å². The van der Waals surface area contributed by atoms with Crippen molar-refractivity contribution in [2.24, 2.45) is 0 Å². The molecule has 1 unspecified atom stereocenters. The summed E-state index contributed by atoms with van der Waals surface area (Å²) in [7, 11) is 1.61. The van der Waals surface area contributed by atoms with E-state index in [0.29, 0.717) is 18.0 Å². The number of pyridine rings is 1. The van der Waals surface area contributed by atoms with Crippen LogP contribution < -0.4 is 9.64 Å². The van der Waals surface area contributed by atoms with Gasteiger partial charge in [-0.25, -0.2) is 9.78 Å². The van der Waals surface area contributed by atoms with Gasteiger partial charge in [0.2, 0.25) is 0 Å². The van der Waals surface area contributed by atoms with Crippen molar-refractivity contribution in [1.82, 2.24) is 4.98 Å². The monoisotopic (exact) mass is 304 g/mol. The number of anilines is 1. The molecule has 3 heterocycles. The molecule has 2 aromatic heterocycles. The number of carboxylic acid groups (broad SMARTS) is 1. The Morgan fingerprint density at radius 3 is 3.05 bits per heavy atom. The highest BCUT2D eigenvalue weighted by Crippen LogP contribution is 2.33. The third-order valence-corrected chi connectivity index (χ3v) is 4.14. The van der Waals surface area contributed by atoms with Gasteiger partial charge in [-0.2, -0.15) is 0 Å². The highest BCUT2D eigenvalue weighted by molar-refractivity contribution is 7.09. The van der Waals surface area contributed by atoms with E-state index in [-0.39, 0.29) is 11.5 Å². The largest absolute Gasteiger partial charge is 0.478 e. The lowest BCUT2D eigenvalue weighted by Crippen LogP contribution is -2.45. The molecular formula is C14H12N2O4S. The van der Waals surface area contributed by atoms with E-state index >= 15 is 0 Å². The zero-order chi connectivity index (χ0) is 15.0. The zero-order valence-corrected chi connectivity index (χ0v) is 12.0. The van der Waals surface area contributed by atoms with Crippen molar-refractivity contribution >= 4 is 29.0 Å². The molecule has 1 atom stereocenters.